The highest BCUT2D eigenvalue weighted by Crippen LogP contribution is 2.29. The SMILES string of the molecule is [B]c1cnn2c(NCCCNC(=O)c3cccs3)cc(-c3ccccc3O)nc12. The molecule has 0 aliphatic heterocycles. The lowest BCUT2D eigenvalue weighted by molar-refractivity contribution is 0.0957. The van der Waals surface area contributed by atoms with E-state index >= 15 is 0 Å². The van der Waals surface area contributed by atoms with Crippen LogP contribution in [0.3, 0.4) is 0 Å². The minimum absolute atomic E-state index is 0.0620. The molecule has 2 radical (unpaired) electrons. The van der Waals surface area contributed by atoms with Crippen LogP contribution in [0.2, 0.25) is 0 Å². The van der Waals surface area contributed by atoms with Gasteiger partial charge in [-0.1, -0.05) is 18.2 Å². The predicted molar refractivity (Wildman–Crippen MR) is 115 cm³/mol. The lowest BCUT2D eigenvalue weighted by Crippen LogP contribution is -2.25. The number of phenolic OH excluding ortho intramolecular Hbond substituents is 1. The lowest BCUT2D eigenvalue weighted by atomic mass is 10.0. The number of fused-ring (bicyclic) bond motifs is 1. The molecule has 0 aliphatic carbocycles. The molecule has 0 spiro atoms. The fourth-order valence-corrected chi connectivity index (χ4v) is 3.58. The molecule has 9 heteroatoms. The molecule has 144 valence electrons. The number of hydrogen-bond acceptors (Lipinski definition) is 6. The zero-order chi connectivity index (χ0) is 20.2. The van der Waals surface area contributed by atoms with Crippen molar-refractivity contribution in [3.63, 3.8) is 0 Å². The van der Waals surface area contributed by atoms with E-state index in [0.717, 1.165) is 6.42 Å². The van der Waals surface area contributed by atoms with Crippen molar-refractivity contribution in [3.8, 4) is 17.0 Å². The van der Waals surface area contributed by atoms with Gasteiger partial charge in [-0.25, -0.2) is 4.98 Å². The number of para-hydroxylation sites is 1. The van der Waals surface area contributed by atoms with Gasteiger partial charge in [0.15, 0.2) is 5.65 Å². The van der Waals surface area contributed by atoms with Gasteiger partial charge in [0, 0.05) is 30.9 Å². The second-order valence-corrected chi connectivity index (χ2v) is 7.34. The van der Waals surface area contributed by atoms with Gasteiger partial charge in [-0.05, 0) is 35.5 Å². The van der Waals surface area contributed by atoms with Crippen molar-refractivity contribution in [3.05, 3.63) is 58.9 Å². The number of rotatable bonds is 7. The van der Waals surface area contributed by atoms with Gasteiger partial charge >= 0.3 is 0 Å². The average Bonchev–Trinajstić information content (AvgIpc) is 3.38. The molecule has 29 heavy (non-hydrogen) atoms. The summed E-state index contributed by atoms with van der Waals surface area (Å²) >= 11 is 1.42. The molecular weight excluding hydrogens is 385 g/mol. The molecule has 0 bridgehead atoms. The molecule has 3 N–H and O–H groups in total. The summed E-state index contributed by atoms with van der Waals surface area (Å²) < 4.78 is 1.63. The number of aromatic hydroxyl groups is 1. The molecule has 0 atom stereocenters. The molecular formula is C20H18BN5O2S. The largest absolute Gasteiger partial charge is 0.507 e. The molecule has 3 aromatic heterocycles. The maximum absolute atomic E-state index is 12.0. The van der Waals surface area contributed by atoms with Crippen molar-refractivity contribution in [1.29, 1.82) is 0 Å². The van der Waals surface area contributed by atoms with Crippen LogP contribution in [0.1, 0.15) is 16.1 Å². The summed E-state index contributed by atoms with van der Waals surface area (Å²) in [6.07, 6.45) is 2.27. The summed E-state index contributed by atoms with van der Waals surface area (Å²) in [6, 6.07) is 12.5. The second-order valence-electron chi connectivity index (χ2n) is 6.39. The maximum atomic E-state index is 12.0. The summed E-state index contributed by atoms with van der Waals surface area (Å²) in [5.41, 5.74) is 2.17. The summed E-state index contributed by atoms with van der Waals surface area (Å²) in [7, 11) is 6.00. The van der Waals surface area contributed by atoms with Gasteiger partial charge in [0.25, 0.3) is 5.91 Å². The van der Waals surface area contributed by atoms with Crippen LogP contribution in [-0.2, 0) is 0 Å². The Balaban J connectivity index is 1.47. The fourth-order valence-electron chi connectivity index (χ4n) is 2.94. The third-order valence-corrected chi connectivity index (χ3v) is 5.24. The van der Waals surface area contributed by atoms with E-state index in [1.807, 2.05) is 23.6 Å². The first-order valence-electron chi connectivity index (χ1n) is 9.11. The Morgan fingerprint density at radius 2 is 2.07 bits per heavy atom. The first kappa shape index (κ1) is 19.0. The van der Waals surface area contributed by atoms with Crippen molar-refractivity contribution in [2.45, 2.75) is 6.42 Å². The van der Waals surface area contributed by atoms with Crippen LogP contribution in [0.5, 0.6) is 5.75 Å². The number of carbonyl (C=O) groups excluding carboxylic acids is 1. The monoisotopic (exact) mass is 403 g/mol. The molecule has 3 heterocycles. The molecule has 0 aliphatic rings. The summed E-state index contributed by atoms with van der Waals surface area (Å²) in [5, 5.41) is 22.5. The van der Waals surface area contributed by atoms with Crippen LogP contribution in [-0.4, -0.2) is 46.5 Å². The van der Waals surface area contributed by atoms with Gasteiger partial charge in [0.2, 0.25) is 0 Å². The van der Waals surface area contributed by atoms with Crippen molar-refractivity contribution < 1.29 is 9.90 Å². The Labute approximate surface area is 172 Å². The second kappa shape index (κ2) is 8.36. The minimum Gasteiger partial charge on any atom is -0.507 e. The van der Waals surface area contributed by atoms with Crippen LogP contribution >= 0.6 is 11.3 Å². The molecule has 4 rings (SSSR count). The highest BCUT2D eigenvalue weighted by atomic mass is 32.1. The predicted octanol–water partition coefficient (Wildman–Crippen LogP) is 2.19. The molecule has 1 aromatic carbocycles. The van der Waals surface area contributed by atoms with E-state index in [0.29, 0.717) is 46.2 Å². The normalized spacial score (nSPS) is 10.9. The van der Waals surface area contributed by atoms with Crippen LogP contribution in [0.15, 0.2) is 54.0 Å². The van der Waals surface area contributed by atoms with Crippen molar-refractivity contribution >= 4 is 42.0 Å². The van der Waals surface area contributed by atoms with Crippen molar-refractivity contribution in [2.24, 2.45) is 0 Å². The molecule has 7 nitrogen and oxygen atoms in total. The van der Waals surface area contributed by atoms with E-state index in [1.165, 1.54) is 11.3 Å². The highest BCUT2D eigenvalue weighted by molar-refractivity contribution is 7.12. The molecule has 0 unspecified atom stereocenters. The standard InChI is InChI=1S/C20H18BN5O2S/c21-14-12-24-26-18(22-8-4-9-23-20(28)17-7-3-10-29-17)11-15(25-19(14)26)13-5-1-2-6-16(13)27/h1-3,5-7,10-12,22,27H,4,8-9H2,(H,23,28). The molecule has 4 aromatic rings. The number of phenols is 1. The van der Waals surface area contributed by atoms with Gasteiger partial charge in [-0.15, -0.1) is 11.3 Å². The zero-order valence-corrected chi connectivity index (χ0v) is 16.3. The van der Waals surface area contributed by atoms with Gasteiger partial charge < -0.3 is 15.7 Å². The van der Waals surface area contributed by atoms with Crippen LogP contribution in [0.25, 0.3) is 16.9 Å². The number of aromatic nitrogens is 3. The van der Waals surface area contributed by atoms with Crippen LogP contribution in [0, 0.1) is 0 Å². The molecule has 1 amide bonds. The molecule has 0 saturated heterocycles. The first-order valence-corrected chi connectivity index (χ1v) is 9.99. The Bertz CT molecular complexity index is 1140. The number of carbonyl (C=O) groups is 1. The number of benzene rings is 1. The Kier molecular flexibility index (Phi) is 5.48. The number of anilines is 1. The third kappa shape index (κ3) is 4.09. The third-order valence-electron chi connectivity index (χ3n) is 4.37. The smallest absolute Gasteiger partial charge is 0.261 e. The number of thiophene rings is 1. The summed E-state index contributed by atoms with van der Waals surface area (Å²) in [6.45, 7) is 1.16. The lowest BCUT2D eigenvalue weighted by Gasteiger charge is -2.12. The minimum atomic E-state index is -0.0620. The van der Waals surface area contributed by atoms with Crippen LogP contribution in [0.4, 0.5) is 5.82 Å². The Hall–Kier alpha value is -3.33. The summed E-state index contributed by atoms with van der Waals surface area (Å²) in [5.74, 6) is 0.784. The summed E-state index contributed by atoms with van der Waals surface area (Å²) in [4.78, 5) is 17.2. The Morgan fingerprint density at radius 3 is 2.86 bits per heavy atom. The van der Waals surface area contributed by atoms with Crippen molar-refractivity contribution in [1.82, 2.24) is 19.9 Å². The van der Waals surface area contributed by atoms with Crippen molar-refractivity contribution in [2.75, 3.05) is 18.4 Å². The van der Waals surface area contributed by atoms with E-state index in [4.69, 9.17) is 7.85 Å². The van der Waals surface area contributed by atoms with Gasteiger partial charge in [-0.2, -0.15) is 9.61 Å². The maximum Gasteiger partial charge on any atom is 0.261 e. The highest BCUT2D eigenvalue weighted by Gasteiger charge is 2.12. The number of hydrogen-bond donors (Lipinski definition) is 3. The number of nitrogens with zero attached hydrogens (tertiary/aromatic N) is 3. The van der Waals surface area contributed by atoms with E-state index in [9.17, 15) is 9.90 Å². The van der Waals surface area contributed by atoms with E-state index < -0.39 is 0 Å². The topological polar surface area (TPSA) is 91.5 Å². The first-order chi connectivity index (χ1) is 14.1. The van der Waals surface area contributed by atoms with Gasteiger partial charge in [-0.3, -0.25) is 4.79 Å². The van der Waals surface area contributed by atoms with Gasteiger partial charge in [0.1, 0.15) is 19.4 Å². The number of nitrogens with one attached hydrogen (secondary N) is 2. The fraction of sp³-hybridized carbons (Fsp3) is 0.150. The van der Waals surface area contributed by atoms with E-state index in [2.05, 4.69) is 20.7 Å². The Morgan fingerprint density at radius 1 is 1.21 bits per heavy atom. The zero-order valence-electron chi connectivity index (χ0n) is 15.5. The van der Waals surface area contributed by atoms with E-state index in [-0.39, 0.29) is 11.7 Å². The number of amides is 1. The molecule has 0 fully saturated rings. The van der Waals surface area contributed by atoms with Crippen LogP contribution < -0.4 is 16.1 Å². The molecule has 0 saturated carbocycles. The van der Waals surface area contributed by atoms with Gasteiger partial charge in [0.05, 0.1) is 10.6 Å². The van der Waals surface area contributed by atoms with E-state index in [1.54, 1.807) is 35.0 Å². The quantitative estimate of drug-likeness (QED) is 0.325. The average molecular weight is 403 g/mol.